The number of carboxylic acids is 3. The lowest BCUT2D eigenvalue weighted by Crippen LogP contribution is -2.67. The van der Waals surface area contributed by atoms with Gasteiger partial charge in [-0.25, -0.2) is 4.79 Å². The third-order valence-corrected chi connectivity index (χ3v) is 13.7. The Morgan fingerprint density at radius 2 is 0.698 bits per heavy atom. The Balaban J connectivity index is 5.98. The van der Waals surface area contributed by atoms with Crippen LogP contribution in [0.3, 0.4) is 0 Å². The Bertz CT molecular complexity index is 1100. The number of aliphatic carboxylic acids is 3. The lowest BCUT2D eigenvalue weighted by molar-refractivity contribution is -0.219. The molecule has 2 atom stereocenters. The number of hydrogen-bond donors (Lipinski definition) is 3. The van der Waals surface area contributed by atoms with Gasteiger partial charge in [0, 0.05) is 13.0 Å². The molecular formula is C55H104O8. The van der Waals surface area contributed by atoms with Crippen molar-refractivity contribution in [2.24, 2.45) is 29.1 Å². The van der Waals surface area contributed by atoms with E-state index in [9.17, 15) is 34.5 Å². The fourth-order valence-corrected chi connectivity index (χ4v) is 9.78. The van der Waals surface area contributed by atoms with Crippen LogP contribution >= 0.6 is 0 Å². The summed E-state index contributed by atoms with van der Waals surface area (Å²) in [5.41, 5.74) is -4.80. The summed E-state index contributed by atoms with van der Waals surface area (Å²) in [4.78, 5) is 54.8. The summed E-state index contributed by atoms with van der Waals surface area (Å²) in [7, 11) is 0. The molecule has 0 bridgehead atoms. The van der Waals surface area contributed by atoms with Crippen molar-refractivity contribution in [2.75, 3.05) is 6.61 Å². The van der Waals surface area contributed by atoms with Crippen LogP contribution in [0.4, 0.5) is 0 Å². The molecule has 8 heteroatoms. The second kappa shape index (κ2) is 39.2. The molecule has 0 heterocycles. The van der Waals surface area contributed by atoms with Crippen molar-refractivity contribution in [3.05, 3.63) is 0 Å². The summed E-state index contributed by atoms with van der Waals surface area (Å²) in [6.07, 6.45) is 35.4. The first-order valence-corrected chi connectivity index (χ1v) is 27.1. The number of Topliss-reactive ketones (excluding diaryl/α,β-unsaturated/α-hetero) is 1. The summed E-state index contributed by atoms with van der Waals surface area (Å²) in [5, 5.41) is 33.3. The number of rotatable bonds is 48. The highest BCUT2D eigenvalue weighted by Crippen LogP contribution is 2.50. The van der Waals surface area contributed by atoms with E-state index in [4.69, 9.17) is 4.74 Å². The highest BCUT2D eigenvalue weighted by Gasteiger charge is 2.69. The zero-order valence-corrected chi connectivity index (χ0v) is 42.6. The fourth-order valence-electron chi connectivity index (χ4n) is 9.78. The van der Waals surface area contributed by atoms with Crippen molar-refractivity contribution in [3.63, 3.8) is 0 Å². The Hall–Kier alpha value is -1.96. The van der Waals surface area contributed by atoms with Gasteiger partial charge in [-0.05, 0) is 43.4 Å². The van der Waals surface area contributed by atoms with Gasteiger partial charge in [0.05, 0.1) is 0 Å². The number of ketones is 1. The standard InChI is InChI=1S/C55H104O8/c1-8-39-49(56)50(51(57)58)55(53(61)62,63-45-38-32-26-20-14-11-17-23-29-35-42-48(6)7)54(52(59)60,43-36-30-24-18-12-9-15-21-27-33-40-46(2)3)44-37-31-25-19-13-10-16-22-28-34-41-47(4)5/h46-48,50H,8-45H2,1-7H3,(H,57,58)(H,59,60)(H,61,62). The van der Waals surface area contributed by atoms with E-state index in [2.05, 4.69) is 41.5 Å². The molecule has 372 valence electrons. The van der Waals surface area contributed by atoms with Crippen LogP contribution < -0.4 is 0 Å². The van der Waals surface area contributed by atoms with Crippen LogP contribution in [0.1, 0.15) is 286 Å². The van der Waals surface area contributed by atoms with E-state index in [-0.39, 0.29) is 25.9 Å². The van der Waals surface area contributed by atoms with Crippen LogP contribution in [-0.2, 0) is 23.9 Å². The van der Waals surface area contributed by atoms with Gasteiger partial charge in [0.1, 0.15) is 5.41 Å². The van der Waals surface area contributed by atoms with E-state index < -0.39 is 40.6 Å². The van der Waals surface area contributed by atoms with Crippen molar-refractivity contribution >= 4 is 23.7 Å². The summed E-state index contributed by atoms with van der Waals surface area (Å²) >= 11 is 0. The molecule has 0 rings (SSSR count). The average molecular weight is 893 g/mol. The average Bonchev–Trinajstić information content (AvgIpc) is 3.21. The number of ether oxygens (including phenoxy) is 1. The van der Waals surface area contributed by atoms with E-state index in [1.807, 2.05) is 0 Å². The van der Waals surface area contributed by atoms with Crippen molar-refractivity contribution < 1.29 is 39.2 Å². The van der Waals surface area contributed by atoms with Gasteiger partial charge in [-0.2, -0.15) is 0 Å². The molecule has 8 nitrogen and oxygen atoms in total. The first-order valence-electron chi connectivity index (χ1n) is 27.1. The topological polar surface area (TPSA) is 138 Å². The molecule has 0 aliphatic carbocycles. The zero-order chi connectivity index (χ0) is 47.2. The molecule has 0 aromatic heterocycles. The first kappa shape index (κ1) is 61.0. The molecule has 63 heavy (non-hydrogen) atoms. The molecule has 0 aliphatic heterocycles. The lowest BCUT2D eigenvalue weighted by atomic mass is 9.59. The van der Waals surface area contributed by atoms with E-state index in [0.29, 0.717) is 25.7 Å². The molecule has 3 N–H and O–H groups in total. The second-order valence-corrected chi connectivity index (χ2v) is 20.9. The minimum atomic E-state index is -2.72. The predicted octanol–water partition coefficient (Wildman–Crippen LogP) is 16.6. The summed E-state index contributed by atoms with van der Waals surface area (Å²) in [6.45, 7) is 15.3. The number of hydrogen-bond acceptors (Lipinski definition) is 5. The van der Waals surface area contributed by atoms with Gasteiger partial charge < -0.3 is 20.1 Å². The minimum Gasteiger partial charge on any atom is -0.481 e. The molecule has 0 aliphatic rings. The number of carboxylic acid groups (broad SMARTS) is 3. The molecule has 0 saturated carbocycles. The molecule has 0 aromatic rings. The van der Waals surface area contributed by atoms with Crippen molar-refractivity contribution in [1.82, 2.24) is 0 Å². The van der Waals surface area contributed by atoms with Crippen LogP contribution in [0.15, 0.2) is 0 Å². The molecular weight excluding hydrogens is 789 g/mol. The maximum Gasteiger partial charge on any atom is 0.338 e. The summed E-state index contributed by atoms with van der Waals surface area (Å²) < 4.78 is 6.35. The van der Waals surface area contributed by atoms with Gasteiger partial charge in [-0.15, -0.1) is 0 Å². The molecule has 0 aromatic carbocycles. The monoisotopic (exact) mass is 893 g/mol. The predicted molar refractivity (Wildman–Crippen MR) is 264 cm³/mol. The molecule has 0 amide bonds. The van der Waals surface area contributed by atoms with Crippen molar-refractivity contribution in [2.45, 2.75) is 292 Å². The Labute approximate surface area is 389 Å². The van der Waals surface area contributed by atoms with Gasteiger partial charge in [0.15, 0.2) is 11.7 Å². The van der Waals surface area contributed by atoms with Gasteiger partial charge in [-0.3, -0.25) is 14.4 Å². The Morgan fingerprint density at radius 1 is 0.413 bits per heavy atom. The summed E-state index contributed by atoms with van der Waals surface area (Å²) in [5.74, 6) is -5.24. The second-order valence-electron chi connectivity index (χ2n) is 20.9. The molecule has 0 saturated heterocycles. The van der Waals surface area contributed by atoms with Crippen molar-refractivity contribution in [3.8, 4) is 0 Å². The van der Waals surface area contributed by atoms with E-state index >= 15 is 0 Å². The van der Waals surface area contributed by atoms with E-state index in [1.165, 1.54) is 116 Å². The van der Waals surface area contributed by atoms with Gasteiger partial charge >= 0.3 is 17.9 Å². The highest BCUT2D eigenvalue weighted by atomic mass is 16.5. The van der Waals surface area contributed by atoms with Gasteiger partial charge in [0.25, 0.3) is 0 Å². The molecule has 2 unspecified atom stereocenters. The minimum absolute atomic E-state index is 0.0397. The number of unbranched alkanes of at least 4 members (excludes halogenated alkanes) is 27. The van der Waals surface area contributed by atoms with Crippen LogP contribution in [0, 0.1) is 29.1 Å². The van der Waals surface area contributed by atoms with Gasteiger partial charge in [-0.1, -0.05) is 254 Å². The third-order valence-electron chi connectivity index (χ3n) is 13.7. The van der Waals surface area contributed by atoms with Crippen LogP contribution in [-0.4, -0.2) is 51.2 Å². The maximum absolute atomic E-state index is 13.9. The van der Waals surface area contributed by atoms with E-state index in [0.717, 1.165) is 94.8 Å². The molecule has 0 fully saturated rings. The van der Waals surface area contributed by atoms with Crippen LogP contribution in [0.5, 0.6) is 0 Å². The first-order chi connectivity index (χ1) is 30.2. The van der Waals surface area contributed by atoms with E-state index in [1.54, 1.807) is 6.92 Å². The third kappa shape index (κ3) is 28.0. The zero-order valence-electron chi connectivity index (χ0n) is 42.6. The van der Waals surface area contributed by atoms with Crippen LogP contribution in [0.25, 0.3) is 0 Å². The highest BCUT2D eigenvalue weighted by molar-refractivity contribution is 6.06. The number of carbonyl (C=O) groups is 4. The Morgan fingerprint density at radius 3 is 0.952 bits per heavy atom. The quantitative estimate of drug-likeness (QED) is 0.0405. The normalized spacial score (nSPS) is 13.6. The van der Waals surface area contributed by atoms with Crippen LogP contribution in [0.2, 0.25) is 0 Å². The summed E-state index contributed by atoms with van der Waals surface area (Å²) in [6, 6.07) is 0. The largest absolute Gasteiger partial charge is 0.481 e. The Kier molecular flexibility index (Phi) is 38.0. The molecule has 0 radical (unpaired) electrons. The molecule has 0 spiro atoms. The smallest absolute Gasteiger partial charge is 0.338 e. The SMILES string of the molecule is CCCC(=O)C(C(=O)O)C(OCCCCCCCCCCCCC(C)C)(C(=O)O)C(CCCCCCCCCCCCC(C)C)(CCCCCCCCCCCCC(C)C)C(=O)O. The van der Waals surface area contributed by atoms with Crippen molar-refractivity contribution in [1.29, 1.82) is 0 Å². The fraction of sp³-hybridized carbons (Fsp3) is 0.927. The maximum atomic E-state index is 13.9. The van der Waals surface area contributed by atoms with Gasteiger partial charge in [0.2, 0.25) is 5.60 Å². The number of carbonyl (C=O) groups excluding carboxylic acids is 1. The lowest BCUT2D eigenvalue weighted by Gasteiger charge is -2.47.